The lowest BCUT2D eigenvalue weighted by molar-refractivity contribution is 0.0721. The van der Waals surface area contributed by atoms with Crippen molar-refractivity contribution in [3.63, 3.8) is 0 Å². The second-order valence-corrected chi connectivity index (χ2v) is 6.96. The molecule has 0 atom stereocenters. The summed E-state index contributed by atoms with van der Waals surface area (Å²) in [6.07, 6.45) is 2.02. The second-order valence-electron chi connectivity index (χ2n) is 6.96. The van der Waals surface area contributed by atoms with Crippen LogP contribution in [0.1, 0.15) is 34.5 Å². The fourth-order valence-electron chi connectivity index (χ4n) is 3.19. The van der Waals surface area contributed by atoms with Crippen molar-refractivity contribution in [3.05, 3.63) is 93.9 Å². The van der Waals surface area contributed by atoms with Gasteiger partial charge in [-0.05, 0) is 43.5 Å². The van der Waals surface area contributed by atoms with E-state index in [2.05, 4.69) is 11.2 Å². The Balaban J connectivity index is 1.65. The first-order chi connectivity index (χ1) is 13.1. The van der Waals surface area contributed by atoms with Gasteiger partial charge in [0.05, 0.1) is 5.69 Å². The average Bonchev–Trinajstić information content (AvgIpc) is 3.52. The SMILES string of the molecule is Cc1cccc(CN(C(=O)c2ccc(=O)n(-c3ccccc3)n2)C2CC2)c1. The summed E-state index contributed by atoms with van der Waals surface area (Å²) in [5, 5.41) is 4.35. The molecule has 1 fully saturated rings. The van der Waals surface area contributed by atoms with Crippen LogP contribution in [0.25, 0.3) is 5.69 Å². The Morgan fingerprint density at radius 1 is 1.07 bits per heavy atom. The van der Waals surface area contributed by atoms with E-state index >= 15 is 0 Å². The van der Waals surface area contributed by atoms with Crippen LogP contribution in [0.2, 0.25) is 0 Å². The van der Waals surface area contributed by atoms with Gasteiger partial charge in [-0.25, -0.2) is 0 Å². The van der Waals surface area contributed by atoms with Crippen LogP contribution in [0.5, 0.6) is 0 Å². The van der Waals surface area contributed by atoms with Crippen LogP contribution in [0.3, 0.4) is 0 Å². The molecule has 1 aromatic heterocycles. The van der Waals surface area contributed by atoms with Crippen LogP contribution < -0.4 is 5.56 Å². The Morgan fingerprint density at radius 3 is 2.56 bits per heavy atom. The molecule has 0 radical (unpaired) electrons. The minimum Gasteiger partial charge on any atom is -0.330 e. The van der Waals surface area contributed by atoms with Crippen LogP contribution in [-0.2, 0) is 6.54 Å². The molecule has 1 saturated carbocycles. The molecular formula is C22H21N3O2. The zero-order valence-corrected chi connectivity index (χ0v) is 15.2. The van der Waals surface area contributed by atoms with Crippen LogP contribution in [0.4, 0.5) is 0 Å². The van der Waals surface area contributed by atoms with Gasteiger partial charge in [-0.2, -0.15) is 9.78 Å². The van der Waals surface area contributed by atoms with E-state index in [1.165, 1.54) is 22.4 Å². The third-order valence-corrected chi connectivity index (χ3v) is 4.70. The maximum Gasteiger partial charge on any atom is 0.274 e. The number of hydrogen-bond donors (Lipinski definition) is 0. The van der Waals surface area contributed by atoms with E-state index in [0.717, 1.165) is 18.4 Å². The van der Waals surface area contributed by atoms with E-state index < -0.39 is 0 Å². The number of hydrogen-bond acceptors (Lipinski definition) is 3. The summed E-state index contributed by atoms with van der Waals surface area (Å²) in [5.74, 6) is -0.135. The fourth-order valence-corrected chi connectivity index (χ4v) is 3.19. The van der Waals surface area contributed by atoms with Crippen molar-refractivity contribution >= 4 is 5.91 Å². The van der Waals surface area contributed by atoms with E-state index in [4.69, 9.17) is 0 Å². The van der Waals surface area contributed by atoms with Crippen LogP contribution in [-0.4, -0.2) is 26.6 Å². The van der Waals surface area contributed by atoms with E-state index in [1.54, 1.807) is 12.1 Å². The van der Waals surface area contributed by atoms with Gasteiger partial charge in [-0.1, -0.05) is 48.0 Å². The van der Waals surface area contributed by atoms with Crippen LogP contribution >= 0.6 is 0 Å². The highest BCUT2D eigenvalue weighted by Crippen LogP contribution is 2.29. The predicted molar refractivity (Wildman–Crippen MR) is 104 cm³/mol. The number of carbonyl (C=O) groups excluding carboxylic acids is 1. The second kappa shape index (κ2) is 7.19. The highest BCUT2D eigenvalue weighted by Gasteiger charge is 2.34. The van der Waals surface area contributed by atoms with E-state index in [-0.39, 0.29) is 23.2 Å². The zero-order chi connectivity index (χ0) is 18.8. The summed E-state index contributed by atoms with van der Waals surface area (Å²) >= 11 is 0. The van der Waals surface area contributed by atoms with Gasteiger partial charge in [0.25, 0.3) is 11.5 Å². The monoisotopic (exact) mass is 359 g/mol. The zero-order valence-electron chi connectivity index (χ0n) is 15.2. The minimum atomic E-state index is -0.255. The maximum absolute atomic E-state index is 13.2. The molecule has 0 aliphatic heterocycles. The molecule has 3 aromatic rings. The van der Waals surface area contributed by atoms with Crippen molar-refractivity contribution < 1.29 is 4.79 Å². The minimum absolute atomic E-state index is 0.135. The van der Waals surface area contributed by atoms with E-state index in [0.29, 0.717) is 12.2 Å². The van der Waals surface area contributed by atoms with Crippen molar-refractivity contribution in [2.24, 2.45) is 0 Å². The standard InChI is InChI=1S/C22H21N3O2/c1-16-6-5-7-17(14-16)15-24(18-10-11-18)22(27)20-12-13-21(26)25(23-20)19-8-3-2-4-9-19/h2-9,12-14,18H,10-11,15H2,1H3. The molecule has 1 amide bonds. The first kappa shape index (κ1) is 17.2. The Bertz CT molecular complexity index is 1020. The summed E-state index contributed by atoms with van der Waals surface area (Å²) < 4.78 is 1.28. The van der Waals surface area contributed by atoms with Crippen molar-refractivity contribution in [2.75, 3.05) is 0 Å². The molecule has 0 N–H and O–H groups in total. The number of para-hydroxylation sites is 1. The van der Waals surface area contributed by atoms with Gasteiger partial charge in [-0.15, -0.1) is 0 Å². The van der Waals surface area contributed by atoms with Gasteiger partial charge in [-0.3, -0.25) is 9.59 Å². The molecule has 5 heteroatoms. The molecule has 0 bridgehead atoms. The third-order valence-electron chi connectivity index (χ3n) is 4.70. The smallest absolute Gasteiger partial charge is 0.274 e. The lowest BCUT2D eigenvalue weighted by atomic mass is 10.1. The number of amides is 1. The topological polar surface area (TPSA) is 55.2 Å². The van der Waals surface area contributed by atoms with Gasteiger partial charge >= 0.3 is 0 Å². The number of carbonyl (C=O) groups is 1. The van der Waals surface area contributed by atoms with Gasteiger partial charge < -0.3 is 4.90 Å². The molecule has 2 aromatic carbocycles. The van der Waals surface area contributed by atoms with Gasteiger partial charge in [0.1, 0.15) is 5.69 Å². The molecule has 27 heavy (non-hydrogen) atoms. The number of rotatable bonds is 5. The highest BCUT2D eigenvalue weighted by atomic mass is 16.2. The average molecular weight is 359 g/mol. The van der Waals surface area contributed by atoms with Crippen LogP contribution in [0.15, 0.2) is 71.5 Å². The molecule has 1 aliphatic rings. The molecule has 136 valence electrons. The number of aryl methyl sites for hydroxylation is 1. The molecule has 0 spiro atoms. The van der Waals surface area contributed by atoms with Crippen molar-refractivity contribution in [1.29, 1.82) is 0 Å². The third kappa shape index (κ3) is 3.82. The molecule has 5 nitrogen and oxygen atoms in total. The highest BCUT2D eigenvalue weighted by molar-refractivity contribution is 5.92. The van der Waals surface area contributed by atoms with Crippen LogP contribution in [0, 0.1) is 6.92 Å². The predicted octanol–water partition coefficient (Wildman–Crippen LogP) is 3.35. The molecule has 4 rings (SSSR count). The number of aromatic nitrogens is 2. The Morgan fingerprint density at radius 2 is 1.85 bits per heavy atom. The molecular weight excluding hydrogens is 338 g/mol. The molecule has 0 unspecified atom stereocenters. The summed E-state index contributed by atoms with van der Waals surface area (Å²) in [6, 6.07) is 20.5. The normalized spacial score (nSPS) is 13.4. The Kier molecular flexibility index (Phi) is 4.59. The van der Waals surface area contributed by atoms with Gasteiger partial charge in [0.2, 0.25) is 0 Å². The van der Waals surface area contributed by atoms with Crippen molar-refractivity contribution in [3.8, 4) is 5.69 Å². The maximum atomic E-state index is 13.2. The molecule has 1 aliphatic carbocycles. The first-order valence-corrected chi connectivity index (χ1v) is 9.14. The van der Waals surface area contributed by atoms with Crippen molar-refractivity contribution in [2.45, 2.75) is 32.4 Å². The van der Waals surface area contributed by atoms with Gasteiger partial charge in [0.15, 0.2) is 0 Å². The Hall–Kier alpha value is -3.21. The first-order valence-electron chi connectivity index (χ1n) is 9.14. The summed E-state index contributed by atoms with van der Waals surface area (Å²) in [4.78, 5) is 27.2. The van der Waals surface area contributed by atoms with E-state index in [1.807, 2.05) is 48.2 Å². The molecule has 1 heterocycles. The largest absolute Gasteiger partial charge is 0.330 e. The summed E-state index contributed by atoms with van der Waals surface area (Å²) in [6.45, 7) is 2.60. The summed E-state index contributed by atoms with van der Waals surface area (Å²) in [5.41, 5.74) is 2.96. The number of benzene rings is 2. The molecule has 0 saturated heterocycles. The lowest BCUT2D eigenvalue weighted by Gasteiger charge is -2.22. The lowest BCUT2D eigenvalue weighted by Crippen LogP contribution is -2.35. The quantitative estimate of drug-likeness (QED) is 0.702. The van der Waals surface area contributed by atoms with Crippen molar-refractivity contribution in [1.82, 2.24) is 14.7 Å². The van der Waals surface area contributed by atoms with E-state index in [9.17, 15) is 9.59 Å². The fraction of sp³-hybridized carbons (Fsp3) is 0.227. The van der Waals surface area contributed by atoms with Gasteiger partial charge in [0, 0.05) is 18.7 Å². The number of nitrogens with zero attached hydrogens (tertiary/aromatic N) is 3. The summed E-state index contributed by atoms with van der Waals surface area (Å²) in [7, 11) is 0. The Labute approximate surface area is 157 Å².